The number of azo groups is 1. The highest BCUT2D eigenvalue weighted by atomic mass is 16.4. The molecule has 0 amide bonds. The summed E-state index contributed by atoms with van der Waals surface area (Å²) in [6.07, 6.45) is 4.42. The summed E-state index contributed by atoms with van der Waals surface area (Å²) < 4.78 is 0. The van der Waals surface area contributed by atoms with E-state index in [-0.39, 0.29) is 16.9 Å². The highest BCUT2D eigenvalue weighted by molar-refractivity contribution is 6.10. The second-order valence-electron chi connectivity index (χ2n) is 4.71. The van der Waals surface area contributed by atoms with Crippen LogP contribution in [0.25, 0.3) is 10.8 Å². The summed E-state index contributed by atoms with van der Waals surface area (Å²) in [7, 11) is 0. The van der Waals surface area contributed by atoms with Crippen LogP contribution in [-0.4, -0.2) is 24.2 Å². The molecule has 0 heterocycles. The first-order chi connectivity index (χ1) is 11.2. The molecule has 23 heavy (non-hydrogen) atoms. The van der Waals surface area contributed by atoms with Gasteiger partial charge in [0.1, 0.15) is 5.69 Å². The number of hydrogen-bond acceptors (Lipinski definition) is 6. The number of aromatic carboxylic acids is 1. The lowest BCUT2D eigenvalue weighted by Gasteiger charge is -2.06. The minimum Gasteiger partial charge on any atom is -0.478 e. The van der Waals surface area contributed by atoms with Gasteiger partial charge < -0.3 is 10.8 Å². The molecule has 2 aromatic carbocycles. The van der Waals surface area contributed by atoms with Crippen molar-refractivity contribution in [1.29, 1.82) is 0 Å². The SMILES string of the molecule is NCC/C=C\CN=Nc1cc2ccccc2c(C(=O)O)c1N=O. The van der Waals surface area contributed by atoms with Gasteiger partial charge in [0, 0.05) is 0 Å². The number of carboxylic acid groups (broad SMARTS) is 1. The Morgan fingerprint density at radius 2 is 2.04 bits per heavy atom. The van der Waals surface area contributed by atoms with E-state index in [1.807, 2.05) is 6.08 Å². The van der Waals surface area contributed by atoms with Crippen molar-refractivity contribution in [3.05, 3.63) is 53.0 Å². The topological polar surface area (TPSA) is 117 Å². The molecule has 0 aliphatic rings. The molecular weight excluding hydrogens is 296 g/mol. The van der Waals surface area contributed by atoms with Crippen LogP contribution in [0.2, 0.25) is 0 Å². The fourth-order valence-electron chi connectivity index (χ4n) is 2.16. The van der Waals surface area contributed by atoms with Gasteiger partial charge in [0.25, 0.3) is 0 Å². The summed E-state index contributed by atoms with van der Waals surface area (Å²) in [5.41, 5.74) is 5.13. The van der Waals surface area contributed by atoms with Gasteiger partial charge >= 0.3 is 5.97 Å². The molecule has 3 N–H and O–H groups in total. The Kier molecular flexibility index (Phi) is 5.65. The molecule has 0 saturated heterocycles. The predicted molar refractivity (Wildman–Crippen MR) is 88.6 cm³/mol. The Hall–Kier alpha value is -2.93. The molecule has 7 nitrogen and oxygen atoms in total. The van der Waals surface area contributed by atoms with E-state index in [0.29, 0.717) is 23.9 Å². The van der Waals surface area contributed by atoms with Crippen molar-refractivity contribution in [3.8, 4) is 0 Å². The van der Waals surface area contributed by atoms with Crippen LogP contribution in [-0.2, 0) is 0 Å². The van der Waals surface area contributed by atoms with Gasteiger partial charge in [-0.05, 0) is 35.0 Å². The second-order valence-corrected chi connectivity index (χ2v) is 4.71. The molecule has 0 aliphatic carbocycles. The standard InChI is InChI=1S/C16H16N4O3/c17-8-4-1-5-9-18-19-13-10-11-6-2-3-7-12(11)14(16(21)22)15(13)20-23/h1-3,5-7,10H,4,8-9,17H2,(H,21,22)/b5-1-,19-18?. The summed E-state index contributed by atoms with van der Waals surface area (Å²) in [4.78, 5) is 22.6. The Morgan fingerprint density at radius 1 is 1.26 bits per heavy atom. The van der Waals surface area contributed by atoms with E-state index in [4.69, 9.17) is 5.73 Å². The summed E-state index contributed by atoms with van der Waals surface area (Å²) in [6, 6.07) is 8.46. The number of nitroso groups, excluding NO2 is 1. The lowest BCUT2D eigenvalue weighted by molar-refractivity contribution is 0.0700. The van der Waals surface area contributed by atoms with Crippen LogP contribution >= 0.6 is 0 Å². The van der Waals surface area contributed by atoms with Gasteiger partial charge in [-0.2, -0.15) is 10.2 Å². The van der Waals surface area contributed by atoms with Crippen molar-refractivity contribution in [2.75, 3.05) is 13.1 Å². The third-order valence-corrected chi connectivity index (χ3v) is 3.17. The van der Waals surface area contributed by atoms with E-state index in [2.05, 4.69) is 15.4 Å². The maximum Gasteiger partial charge on any atom is 0.338 e. The zero-order valence-corrected chi connectivity index (χ0v) is 12.3. The Balaban J connectivity index is 2.45. The fourth-order valence-corrected chi connectivity index (χ4v) is 2.16. The van der Waals surface area contributed by atoms with Crippen LogP contribution in [0.3, 0.4) is 0 Å². The maximum absolute atomic E-state index is 11.5. The van der Waals surface area contributed by atoms with E-state index < -0.39 is 5.97 Å². The summed E-state index contributed by atoms with van der Waals surface area (Å²) in [5.74, 6) is -1.23. The molecule has 2 aromatic rings. The zero-order chi connectivity index (χ0) is 16.7. The summed E-state index contributed by atoms with van der Waals surface area (Å²) in [5, 5.41) is 21.2. The minimum atomic E-state index is -1.23. The van der Waals surface area contributed by atoms with Gasteiger partial charge in [0.15, 0.2) is 5.69 Å². The molecule has 0 aliphatic heterocycles. The van der Waals surface area contributed by atoms with E-state index in [1.165, 1.54) is 0 Å². The Labute approximate surface area is 132 Å². The molecule has 0 spiro atoms. The van der Waals surface area contributed by atoms with Crippen LogP contribution in [0.4, 0.5) is 11.4 Å². The van der Waals surface area contributed by atoms with Crippen molar-refractivity contribution in [3.63, 3.8) is 0 Å². The van der Waals surface area contributed by atoms with Crippen molar-refractivity contribution >= 4 is 28.1 Å². The van der Waals surface area contributed by atoms with Gasteiger partial charge in [0.05, 0.1) is 12.1 Å². The summed E-state index contributed by atoms with van der Waals surface area (Å²) in [6.45, 7) is 0.868. The van der Waals surface area contributed by atoms with Gasteiger partial charge in [-0.25, -0.2) is 4.79 Å². The molecule has 0 fully saturated rings. The molecular formula is C16H16N4O3. The number of nitrogens with two attached hydrogens (primary N) is 1. The lowest BCUT2D eigenvalue weighted by atomic mass is 10.0. The van der Waals surface area contributed by atoms with E-state index >= 15 is 0 Å². The van der Waals surface area contributed by atoms with E-state index in [0.717, 1.165) is 6.42 Å². The first kappa shape index (κ1) is 16.4. The Bertz CT molecular complexity index is 784. The van der Waals surface area contributed by atoms with Gasteiger partial charge in [-0.15, -0.1) is 4.91 Å². The quantitative estimate of drug-likeness (QED) is 0.457. The number of hydrogen-bond donors (Lipinski definition) is 2. The normalized spacial score (nSPS) is 11.5. The van der Waals surface area contributed by atoms with Crippen LogP contribution in [0.5, 0.6) is 0 Å². The van der Waals surface area contributed by atoms with Crippen LogP contribution in [0, 0.1) is 4.91 Å². The molecule has 0 atom stereocenters. The molecule has 7 heteroatoms. The van der Waals surface area contributed by atoms with Gasteiger partial charge in [-0.1, -0.05) is 36.4 Å². The monoisotopic (exact) mass is 312 g/mol. The van der Waals surface area contributed by atoms with E-state index in [9.17, 15) is 14.8 Å². The van der Waals surface area contributed by atoms with Gasteiger partial charge in [-0.3, -0.25) is 0 Å². The number of benzene rings is 2. The predicted octanol–water partition coefficient (Wildman–Crippen LogP) is 3.92. The number of rotatable bonds is 7. The van der Waals surface area contributed by atoms with Gasteiger partial charge in [0.2, 0.25) is 0 Å². The first-order valence-corrected chi connectivity index (χ1v) is 7.04. The molecule has 2 rings (SSSR count). The smallest absolute Gasteiger partial charge is 0.338 e. The third-order valence-electron chi connectivity index (χ3n) is 3.17. The number of fused-ring (bicyclic) bond motifs is 1. The molecule has 118 valence electrons. The molecule has 0 bridgehead atoms. The second kappa shape index (κ2) is 7.90. The van der Waals surface area contributed by atoms with Crippen molar-refractivity contribution in [2.24, 2.45) is 21.1 Å². The summed E-state index contributed by atoms with van der Waals surface area (Å²) >= 11 is 0. The highest BCUT2D eigenvalue weighted by Gasteiger charge is 2.19. The van der Waals surface area contributed by atoms with Crippen molar-refractivity contribution in [1.82, 2.24) is 0 Å². The van der Waals surface area contributed by atoms with Crippen molar-refractivity contribution in [2.45, 2.75) is 6.42 Å². The molecule has 0 unspecified atom stereocenters. The largest absolute Gasteiger partial charge is 0.478 e. The average Bonchev–Trinajstić information content (AvgIpc) is 2.56. The number of carbonyl (C=O) groups is 1. The third kappa shape index (κ3) is 3.83. The highest BCUT2D eigenvalue weighted by Crippen LogP contribution is 2.38. The molecule has 0 aromatic heterocycles. The van der Waals surface area contributed by atoms with Crippen LogP contribution in [0.1, 0.15) is 16.8 Å². The molecule has 0 radical (unpaired) electrons. The minimum absolute atomic E-state index is 0.142. The Morgan fingerprint density at radius 3 is 2.74 bits per heavy atom. The van der Waals surface area contributed by atoms with E-state index in [1.54, 1.807) is 36.4 Å². The number of carboxylic acids is 1. The fraction of sp³-hybridized carbons (Fsp3) is 0.188. The number of nitrogens with zero attached hydrogens (tertiary/aromatic N) is 3. The van der Waals surface area contributed by atoms with Crippen LogP contribution < -0.4 is 5.73 Å². The maximum atomic E-state index is 11.5. The van der Waals surface area contributed by atoms with Crippen molar-refractivity contribution < 1.29 is 9.90 Å². The molecule has 0 saturated carbocycles. The first-order valence-electron chi connectivity index (χ1n) is 7.04. The lowest BCUT2D eigenvalue weighted by Crippen LogP contribution is -1.98. The average molecular weight is 312 g/mol. The zero-order valence-electron chi connectivity index (χ0n) is 12.3. The van der Waals surface area contributed by atoms with Crippen LogP contribution in [0.15, 0.2) is 57.9 Å².